The van der Waals surface area contributed by atoms with E-state index in [-0.39, 0.29) is 17.9 Å². The van der Waals surface area contributed by atoms with Crippen molar-refractivity contribution in [1.29, 1.82) is 0 Å². The molecule has 2 amide bonds. The van der Waals surface area contributed by atoms with Gasteiger partial charge < -0.3 is 15.0 Å². The second-order valence-corrected chi connectivity index (χ2v) is 7.42. The van der Waals surface area contributed by atoms with E-state index in [1.165, 1.54) is 5.56 Å². The van der Waals surface area contributed by atoms with Crippen LogP contribution in [0.4, 0.5) is 5.69 Å². The average Bonchev–Trinajstić information content (AvgIpc) is 3.13. The summed E-state index contributed by atoms with van der Waals surface area (Å²) in [5, 5.41) is 3.05. The number of benzene rings is 1. The first-order valence-electron chi connectivity index (χ1n) is 9.44. The van der Waals surface area contributed by atoms with Gasteiger partial charge in [-0.05, 0) is 44.7 Å². The zero-order valence-electron chi connectivity index (χ0n) is 16.0. The average molecular weight is 359 g/mol. The van der Waals surface area contributed by atoms with Gasteiger partial charge in [0.05, 0.1) is 6.54 Å². The van der Waals surface area contributed by atoms with Crippen molar-refractivity contribution in [2.45, 2.75) is 39.7 Å². The molecule has 0 aliphatic carbocycles. The number of hydrogen-bond acceptors (Lipinski definition) is 4. The van der Waals surface area contributed by atoms with E-state index in [9.17, 15) is 9.59 Å². The van der Waals surface area contributed by atoms with Crippen molar-refractivity contribution >= 4 is 17.5 Å². The topological polar surface area (TPSA) is 61.9 Å². The van der Waals surface area contributed by atoms with Gasteiger partial charge in [0.2, 0.25) is 5.91 Å². The van der Waals surface area contributed by atoms with Gasteiger partial charge in [-0.15, -0.1) is 0 Å². The third-order valence-electron chi connectivity index (χ3n) is 5.20. The van der Waals surface area contributed by atoms with E-state index in [4.69, 9.17) is 4.74 Å². The molecule has 1 aromatic rings. The van der Waals surface area contributed by atoms with Gasteiger partial charge in [-0.1, -0.05) is 17.7 Å². The maximum atomic E-state index is 12.4. The second kappa shape index (κ2) is 8.18. The van der Waals surface area contributed by atoms with Gasteiger partial charge >= 0.3 is 0 Å². The smallest absolute Gasteiger partial charge is 0.251 e. The summed E-state index contributed by atoms with van der Waals surface area (Å²) in [6, 6.07) is 4.16. The molecule has 3 rings (SSSR count). The van der Waals surface area contributed by atoms with Gasteiger partial charge in [0.25, 0.3) is 5.91 Å². The fraction of sp³-hybridized carbons (Fsp3) is 0.600. The van der Waals surface area contributed by atoms with Crippen LogP contribution in [-0.4, -0.2) is 67.0 Å². The highest BCUT2D eigenvalue weighted by Crippen LogP contribution is 2.22. The van der Waals surface area contributed by atoms with E-state index in [1.54, 1.807) is 0 Å². The number of rotatable bonds is 4. The van der Waals surface area contributed by atoms with Crippen LogP contribution in [0.25, 0.3) is 0 Å². The van der Waals surface area contributed by atoms with Crippen LogP contribution >= 0.6 is 0 Å². The molecule has 0 saturated carbocycles. The molecule has 0 aromatic heterocycles. The minimum atomic E-state index is -0.252. The minimum Gasteiger partial charge on any atom is -0.368 e. The Labute approximate surface area is 155 Å². The largest absolute Gasteiger partial charge is 0.368 e. The van der Waals surface area contributed by atoms with E-state index in [2.05, 4.69) is 29.3 Å². The third kappa shape index (κ3) is 4.43. The summed E-state index contributed by atoms with van der Waals surface area (Å²) in [5.41, 5.74) is 4.28. The van der Waals surface area contributed by atoms with E-state index in [0.29, 0.717) is 26.2 Å². The Balaban J connectivity index is 1.48. The van der Waals surface area contributed by atoms with Crippen molar-refractivity contribution in [3.05, 3.63) is 28.8 Å². The molecular weight excluding hydrogens is 330 g/mol. The van der Waals surface area contributed by atoms with Crippen molar-refractivity contribution in [2.24, 2.45) is 0 Å². The lowest BCUT2D eigenvalue weighted by Gasteiger charge is -2.35. The Morgan fingerprint density at radius 1 is 1.12 bits per heavy atom. The fourth-order valence-electron chi connectivity index (χ4n) is 3.86. The van der Waals surface area contributed by atoms with Crippen LogP contribution in [0, 0.1) is 20.8 Å². The predicted octanol–water partition coefficient (Wildman–Crippen LogP) is 1.87. The molecule has 0 radical (unpaired) electrons. The Kier molecular flexibility index (Phi) is 5.94. The molecule has 0 bridgehead atoms. The summed E-state index contributed by atoms with van der Waals surface area (Å²) >= 11 is 0. The summed E-state index contributed by atoms with van der Waals surface area (Å²) < 4.78 is 5.49. The molecule has 2 saturated heterocycles. The Bertz CT molecular complexity index is 652. The van der Waals surface area contributed by atoms with E-state index < -0.39 is 0 Å². The zero-order chi connectivity index (χ0) is 18.7. The summed E-state index contributed by atoms with van der Waals surface area (Å²) in [7, 11) is 0. The number of carbonyl (C=O) groups is 2. The van der Waals surface area contributed by atoms with Gasteiger partial charge in [0.15, 0.2) is 0 Å². The Morgan fingerprint density at radius 2 is 1.77 bits per heavy atom. The highest BCUT2D eigenvalue weighted by Gasteiger charge is 2.30. The number of hydrogen-bond donors (Lipinski definition) is 1. The molecule has 2 fully saturated rings. The molecule has 6 nitrogen and oxygen atoms in total. The third-order valence-corrected chi connectivity index (χ3v) is 5.20. The molecule has 2 aliphatic rings. The maximum absolute atomic E-state index is 12.4. The maximum Gasteiger partial charge on any atom is 0.251 e. The predicted molar refractivity (Wildman–Crippen MR) is 101 cm³/mol. The standard InChI is InChI=1S/C20H29N3O3/c1-14-11-15(2)19(16(3)12-14)21-18(24)13-22-6-8-23(9-7-22)20(25)17-5-4-10-26-17/h11-12,17H,4-10,13H2,1-3H3,(H,21,24). The fourth-order valence-corrected chi connectivity index (χ4v) is 3.86. The van der Waals surface area contributed by atoms with Crippen molar-refractivity contribution in [2.75, 3.05) is 44.6 Å². The molecule has 142 valence electrons. The molecule has 1 N–H and O–H groups in total. The molecule has 1 unspecified atom stereocenters. The number of piperazine rings is 1. The van der Waals surface area contributed by atoms with Crippen LogP contribution in [0.1, 0.15) is 29.5 Å². The number of anilines is 1. The van der Waals surface area contributed by atoms with Gasteiger partial charge in [-0.2, -0.15) is 0 Å². The van der Waals surface area contributed by atoms with E-state index >= 15 is 0 Å². The highest BCUT2D eigenvalue weighted by atomic mass is 16.5. The van der Waals surface area contributed by atoms with E-state index in [1.807, 2.05) is 18.7 Å². The Hall–Kier alpha value is -1.92. The molecule has 1 atom stereocenters. The second-order valence-electron chi connectivity index (χ2n) is 7.42. The van der Waals surface area contributed by atoms with Crippen molar-refractivity contribution in [1.82, 2.24) is 9.80 Å². The van der Waals surface area contributed by atoms with Crippen LogP contribution in [-0.2, 0) is 14.3 Å². The van der Waals surface area contributed by atoms with Crippen LogP contribution in [0.3, 0.4) is 0 Å². The summed E-state index contributed by atoms with van der Waals surface area (Å²) in [6.45, 7) is 9.90. The molecule has 2 heterocycles. The molecule has 2 aliphatic heterocycles. The molecule has 26 heavy (non-hydrogen) atoms. The first-order valence-corrected chi connectivity index (χ1v) is 9.44. The summed E-state index contributed by atoms with van der Waals surface area (Å²) in [6.07, 6.45) is 1.54. The van der Waals surface area contributed by atoms with Crippen LogP contribution in [0.15, 0.2) is 12.1 Å². The normalized spacial score (nSPS) is 21.0. The first-order chi connectivity index (χ1) is 12.4. The van der Waals surface area contributed by atoms with Crippen molar-refractivity contribution in [3.8, 4) is 0 Å². The molecule has 6 heteroatoms. The number of nitrogens with zero attached hydrogens (tertiary/aromatic N) is 2. The lowest BCUT2D eigenvalue weighted by atomic mass is 10.1. The van der Waals surface area contributed by atoms with Crippen LogP contribution in [0.2, 0.25) is 0 Å². The Morgan fingerprint density at radius 3 is 2.35 bits per heavy atom. The number of nitrogens with one attached hydrogen (secondary N) is 1. The molecule has 1 aromatic carbocycles. The lowest BCUT2D eigenvalue weighted by molar-refractivity contribution is -0.142. The highest BCUT2D eigenvalue weighted by molar-refractivity contribution is 5.93. The van der Waals surface area contributed by atoms with Gasteiger partial charge in [-0.3, -0.25) is 14.5 Å². The lowest BCUT2D eigenvalue weighted by Crippen LogP contribution is -2.52. The van der Waals surface area contributed by atoms with Crippen molar-refractivity contribution < 1.29 is 14.3 Å². The minimum absolute atomic E-state index is 0.000967. The zero-order valence-corrected chi connectivity index (χ0v) is 16.0. The number of amides is 2. The quantitative estimate of drug-likeness (QED) is 0.892. The number of aryl methyl sites for hydroxylation is 3. The molecule has 0 spiro atoms. The van der Waals surface area contributed by atoms with Crippen molar-refractivity contribution in [3.63, 3.8) is 0 Å². The summed E-state index contributed by atoms with van der Waals surface area (Å²) in [4.78, 5) is 28.8. The van der Waals surface area contributed by atoms with Crippen LogP contribution < -0.4 is 5.32 Å². The van der Waals surface area contributed by atoms with Crippen LogP contribution in [0.5, 0.6) is 0 Å². The summed E-state index contributed by atoms with van der Waals surface area (Å²) in [5.74, 6) is 0.108. The monoisotopic (exact) mass is 359 g/mol. The SMILES string of the molecule is Cc1cc(C)c(NC(=O)CN2CCN(C(=O)C3CCCO3)CC2)c(C)c1. The van der Waals surface area contributed by atoms with E-state index in [0.717, 1.165) is 42.7 Å². The first kappa shape index (κ1) is 18.9. The van der Waals surface area contributed by atoms with Gasteiger partial charge in [0.1, 0.15) is 6.10 Å². The number of ether oxygens (including phenoxy) is 1. The number of carbonyl (C=O) groups excluding carboxylic acids is 2. The van der Waals surface area contributed by atoms with Gasteiger partial charge in [0, 0.05) is 38.5 Å². The van der Waals surface area contributed by atoms with Gasteiger partial charge in [-0.25, -0.2) is 0 Å². The molecular formula is C20H29N3O3.